The highest BCUT2D eigenvalue weighted by Gasteiger charge is 2.36. The van der Waals surface area contributed by atoms with E-state index in [0.717, 1.165) is 29.4 Å². The average molecular weight is 577 g/mol. The molecule has 0 spiro atoms. The summed E-state index contributed by atoms with van der Waals surface area (Å²) in [7, 11) is 0. The number of nitrogens with one attached hydrogen (secondary N) is 1. The van der Waals surface area contributed by atoms with Crippen LogP contribution in [0.4, 0.5) is 37.7 Å². The van der Waals surface area contributed by atoms with Crippen LogP contribution in [-0.4, -0.2) is 54.2 Å². The highest BCUT2D eigenvalue weighted by atomic mass is 19.4. The zero-order chi connectivity index (χ0) is 30.0. The Labute approximate surface area is 232 Å². The second-order valence-corrected chi connectivity index (χ2v) is 9.98. The van der Waals surface area contributed by atoms with E-state index in [-0.39, 0.29) is 12.2 Å². The normalized spacial score (nSPS) is 16.1. The first-order valence-electron chi connectivity index (χ1n) is 12.6. The monoisotopic (exact) mass is 576 g/mol. The number of halogens is 6. The number of rotatable bonds is 6. The number of piperazine rings is 1. The molecule has 3 aromatic carbocycles. The summed E-state index contributed by atoms with van der Waals surface area (Å²) in [6.45, 7) is 3.37. The predicted octanol–water partition coefficient (Wildman–Crippen LogP) is 5.77. The van der Waals surface area contributed by atoms with E-state index in [1.54, 1.807) is 0 Å². The molecule has 12 heteroatoms. The Morgan fingerprint density at radius 2 is 1.44 bits per heavy atom. The molecule has 1 heterocycles. The minimum absolute atomic E-state index is 0.0536. The molecule has 216 valence electrons. The molecule has 2 N–H and O–H groups in total. The number of carbonyl (C=O) groups is 1. The first kappa shape index (κ1) is 29.9. The fourth-order valence-electron chi connectivity index (χ4n) is 4.61. The average Bonchev–Trinajstić information content (AvgIpc) is 2.92. The number of hydrogen-bond acceptors (Lipinski definition) is 5. The predicted molar refractivity (Wildman–Crippen MR) is 141 cm³/mol. The lowest BCUT2D eigenvalue weighted by Gasteiger charge is -2.38. The quantitative estimate of drug-likeness (QED) is 0.364. The van der Waals surface area contributed by atoms with Crippen molar-refractivity contribution in [1.29, 1.82) is 5.26 Å². The van der Waals surface area contributed by atoms with Crippen LogP contribution in [0.5, 0.6) is 0 Å². The van der Waals surface area contributed by atoms with Gasteiger partial charge in [0, 0.05) is 44.1 Å². The molecular formula is C29H26F6N4O2. The topological polar surface area (TPSA) is 79.6 Å². The van der Waals surface area contributed by atoms with E-state index in [9.17, 15) is 36.2 Å². The molecule has 6 nitrogen and oxygen atoms in total. The number of β-amino-alcohol motifs (C(OH)–C–C–N with tert-alkyl or cyclic N) is 1. The number of alkyl halides is 6. The van der Waals surface area contributed by atoms with E-state index in [1.165, 1.54) is 31.2 Å². The SMILES string of the molecule is C[C@](O)(CN1CCN(c2ccc(-c3ccc(C(F)(F)F)cc3)cc2)CC1)C(=O)Nc1ccc(C#N)c(C(F)(F)F)c1. The largest absolute Gasteiger partial charge is 0.417 e. The van der Waals surface area contributed by atoms with Crippen LogP contribution in [0.3, 0.4) is 0 Å². The lowest BCUT2D eigenvalue weighted by molar-refractivity contribution is -0.138. The minimum atomic E-state index is -4.78. The second kappa shape index (κ2) is 11.4. The van der Waals surface area contributed by atoms with Gasteiger partial charge in [0.15, 0.2) is 5.60 Å². The van der Waals surface area contributed by atoms with E-state index in [1.807, 2.05) is 29.2 Å². The molecule has 1 saturated heterocycles. The van der Waals surface area contributed by atoms with Crippen molar-refractivity contribution in [3.63, 3.8) is 0 Å². The van der Waals surface area contributed by atoms with Gasteiger partial charge in [-0.05, 0) is 60.5 Å². The zero-order valence-corrected chi connectivity index (χ0v) is 21.9. The van der Waals surface area contributed by atoms with E-state index < -0.39 is 40.6 Å². The summed E-state index contributed by atoms with van der Waals surface area (Å²) < 4.78 is 78.2. The summed E-state index contributed by atoms with van der Waals surface area (Å²) >= 11 is 0. The fraction of sp³-hybridized carbons (Fsp3) is 0.310. The highest BCUT2D eigenvalue weighted by molar-refractivity contribution is 5.97. The maximum atomic E-state index is 13.2. The van der Waals surface area contributed by atoms with Crippen LogP contribution in [0.15, 0.2) is 66.7 Å². The van der Waals surface area contributed by atoms with Crippen molar-refractivity contribution in [1.82, 2.24) is 4.90 Å². The lowest BCUT2D eigenvalue weighted by atomic mass is 10.0. The first-order chi connectivity index (χ1) is 19.2. The number of carbonyl (C=O) groups excluding carboxylic acids is 1. The number of benzene rings is 3. The van der Waals surface area contributed by atoms with Crippen molar-refractivity contribution in [2.24, 2.45) is 0 Å². The number of anilines is 2. The van der Waals surface area contributed by atoms with Gasteiger partial charge >= 0.3 is 12.4 Å². The molecule has 1 fully saturated rings. The summed E-state index contributed by atoms with van der Waals surface area (Å²) in [6.07, 6.45) is -9.18. The van der Waals surface area contributed by atoms with Crippen molar-refractivity contribution in [3.8, 4) is 17.2 Å². The van der Waals surface area contributed by atoms with E-state index >= 15 is 0 Å². The molecular weight excluding hydrogens is 550 g/mol. The summed E-state index contributed by atoms with van der Waals surface area (Å²) in [5.74, 6) is -0.878. The molecule has 0 unspecified atom stereocenters. The molecule has 0 aromatic heterocycles. The van der Waals surface area contributed by atoms with Gasteiger partial charge in [0.05, 0.1) is 22.8 Å². The summed E-state index contributed by atoms with van der Waals surface area (Å²) in [5, 5.41) is 22.0. The Kier molecular flexibility index (Phi) is 8.33. The Morgan fingerprint density at radius 1 is 0.878 bits per heavy atom. The minimum Gasteiger partial charge on any atom is -0.379 e. The van der Waals surface area contributed by atoms with Gasteiger partial charge in [0.2, 0.25) is 0 Å². The molecule has 0 bridgehead atoms. The van der Waals surface area contributed by atoms with Gasteiger partial charge in [-0.15, -0.1) is 0 Å². The summed E-state index contributed by atoms with van der Waals surface area (Å²) in [5.41, 5.74) is -2.22. The molecule has 0 saturated carbocycles. The van der Waals surface area contributed by atoms with Gasteiger partial charge in [-0.2, -0.15) is 31.6 Å². The van der Waals surface area contributed by atoms with Gasteiger partial charge in [-0.1, -0.05) is 24.3 Å². The Balaban J connectivity index is 1.33. The first-order valence-corrected chi connectivity index (χ1v) is 12.6. The van der Waals surface area contributed by atoms with Crippen LogP contribution in [0, 0.1) is 11.3 Å². The maximum Gasteiger partial charge on any atom is 0.417 e. The van der Waals surface area contributed by atoms with Crippen LogP contribution >= 0.6 is 0 Å². The van der Waals surface area contributed by atoms with Gasteiger partial charge in [-0.25, -0.2) is 0 Å². The van der Waals surface area contributed by atoms with Crippen molar-refractivity contribution < 1.29 is 36.2 Å². The third-order valence-electron chi connectivity index (χ3n) is 6.87. The zero-order valence-electron chi connectivity index (χ0n) is 21.9. The van der Waals surface area contributed by atoms with Gasteiger partial charge in [-0.3, -0.25) is 9.69 Å². The van der Waals surface area contributed by atoms with Gasteiger partial charge in [0.1, 0.15) is 0 Å². The van der Waals surface area contributed by atoms with Crippen LogP contribution in [0.2, 0.25) is 0 Å². The maximum absolute atomic E-state index is 13.2. The van der Waals surface area contributed by atoms with Crippen molar-refractivity contribution in [2.45, 2.75) is 24.9 Å². The number of amides is 1. The second-order valence-electron chi connectivity index (χ2n) is 9.98. The van der Waals surface area contributed by atoms with Crippen LogP contribution in [-0.2, 0) is 17.1 Å². The van der Waals surface area contributed by atoms with Crippen LogP contribution < -0.4 is 10.2 Å². The Hall–Kier alpha value is -4.08. The number of nitrogens with zero attached hydrogens (tertiary/aromatic N) is 3. The molecule has 1 amide bonds. The highest BCUT2D eigenvalue weighted by Crippen LogP contribution is 2.34. The molecule has 41 heavy (non-hydrogen) atoms. The van der Waals surface area contributed by atoms with Crippen molar-refractivity contribution in [3.05, 3.63) is 83.4 Å². The Morgan fingerprint density at radius 3 is 1.95 bits per heavy atom. The third kappa shape index (κ3) is 7.17. The molecule has 1 aliphatic rings. The summed E-state index contributed by atoms with van der Waals surface area (Å²) in [4.78, 5) is 16.7. The van der Waals surface area contributed by atoms with E-state index in [0.29, 0.717) is 37.8 Å². The van der Waals surface area contributed by atoms with Crippen molar-refractivity contribution >= 4 is 17.3 Å². The molecule has 3 aromatic rings. The summed E-state index contributed by atoms with van der Waals surface area (Å²) in [6, 6.07) is 16.6. The van der Waals surface area contributed by atoms with Gasteiger partial charge in [0.25, 0.3) is 5.91 Å². The standard InChI is InChI=1S/C29H26F6N4O2/c1-27(41,26(40)37-23-9-4-21(17-36)25(16-23)29(33,34)35)18-38-12-14-39(15-13-38)24-10-5-20(6-11-24)19-2-7-22(8-3-19)28(30,31)32/h2-11,16,41H,12-15,18H2,1H3,(H,37,40)/t27-/m0/s1. The molecule has 1 aliphatic heterocycles. The number of aliphatic hydroxyl groups is 1. The third-order valence-corrected chi connectivity index (χ3v) is 6.87. The molecule has 0 radical (unpaired) electrons. The Bertz CT molecular complexity index is 1420. The molecule has 1 atom stereocenters. The number of nitriles is 1. The smallest absolute Gasteiger partial charge is 0.379 e. The van der Waals surface area contributed by atoms with E-state index in [2.05, 4.69) is 10.2 Å². The molecule has 0 aliphatic carbocycles. The van der Waals surface area contributed by atoms with Gasteiger partial charge < -0.3 is 15.3 Å². The molecule has 4 rings (SSSR count). The lowest BCUT2D eigenvalue weighted by Crippen LogP contribution is -2.54. The number of hydrogen-bond donors (Lipinski definition) is 2. The van der Waals surface area contributed by atoms with Crippen molar-refractivity contribution in [2.75, 3.05) is 42.9 Å². The van der Waals surface area contributed by atoms with Crippen LogP contribution in [0.1, 0.15) is 23.6 Å². The van der Waals surface area contributed by atoms with E-state index in [4.69, 9.17) is 5.26 Å². The van der Waals surface area contributed by atoms with Crippen LogP contribution in [0.25, 0.3) is 11.1 Å². The fourth-order valence-corrected chi connectivity index (χ4v) is 4.61.